The largest absolute Gasteiger partial charge is 0.508 e. The predicted octanol–water partition coefficient (Wildman–Crippen LogP) is 2.17. The van der Waals surface area contributed by atoms with Crippen LogP contribution >= 0.6 is 12.4 Å². The van der Waals surface area contributed by atoms with Crippen LogP contribution in [0, 0.1) is 0 Å². The average molecular weight is 240 g/mol. The van der Waals surface area contributed by atoms with Crippen LogP contribution in [0.25, 0.3) is 0 Å². The number of hydrogen-bond acceptors (Lipinski definition) is 3. The molecule has 0 aliphatic rings. The second-order valence-electron chi connectivity index (χ2n) is 2.98. The molecule has 0 amide bonds. The number of rotatable bonds is 3. The van der Waals surface area contributed by atoms with Crippen LogP contribution in [0.1, 0.15) is 18.0 Å². The minimum absolute atomic E-state index is 0. The maximum atomic E-state index is 12.0. The van der Waals surface area contributed by atoms with Crippen LogP contribution in [-0.4, -0.2) is 16.6 Å². The highest BCUT2D eigenvalue weighted by Crippen LogP contribution is 2.29. The van der Waals surface area contributed by atoms with Crippen molar-refractivity contribution in [1.29, 1.82) is 0 Å². The van der Waals surface area contributed by atoms with Crippen LogP contribution < -0.4 is 5.73 Å². The van der Waals surface area contributed by atoms with Gasteiger partial charge >= 0.3 is 0 Å². The summed E-state index contributed by atoms with van der Waals surface area (Å²) in [5, 5.41) is 18.3. The van der Waals surface area contributed by atoms with Crippen molar-refractivity contribution in [2.45, 2.75) is 18.9 Å². The second kappa shape index (κ2) is 5.72. The van der Waals surface area contributed by atoms with Gasteiger partial charge in [0.25, 0.3) is 0 Å². The van der Waals surface area contributed by atoms with Crippen LogP contribution in [-0.2, 0) is 0 Å². The maximum Gasteiger partial charge on any atom is 0.240 e. The lowest BCUT2D eigenvalue weighted by Crippen LogP contribution is -2.14. The van der Waals surface area contributed by atoms with Gasteiger partial charge < -0.3 is 15.9 Å². The van der Waals surface area contributed by atoms with Crippen molar-refractivity contribution in [3.05, 3.63) is 23.8 Å². The molecule has 1 rings (SSSR count). The van der Waals surface area contributed by atoms with E-state index in [1.165, 1.54) is 18.2 Å². The highest BCUT2D eigenvalue weighted by atomic mass is 35.5. The number of alkyl halides is 2. The van der Waals surface area contributed by atoms with Gasteiger partial charge in [0.2, 0.25) is 6.43 Å². The smallest absolute Gasteiger partial charge is 0.240 e. The van der Waals surface area contributed by atoms with Crippen molar-refractivity contribution in [2.75, 3.05) is 0 Å². The molecule has 0 saturated heterocycles. The van der Waals surface area contributed by atoms with Gasteiger partial charge in [-0.15, -0.1) is 12.4 Å². The lowest BCUT2D eigenvalue weighted by atomic mass is 10.0. The van der Waals surface area contributed by atoms with Gasteiger partial charge in [-0.25, -0.2) is 8.78 Å². The van der Waals surface area contributed by atoms with Crippen molar-refractivity contribution < 1.29 is 19.0 Å². The van der Waals surface area contributed by atoms with E-state index in [0.29, 0.717) is 0 Å². The standard InChI is InChI=1S/C9H11F2NO2.ClH/c10-9(11)4-7(12)6-3-5(13)1-2-8(6)14;/h1-3,7,9,13-14H,4,12H2;1H/t7-;/m0./s1. The summed E-state index contributed by atoms with van der Waals surface area (Å²) in [6, 6.07) is 2.69. The minimum atomic E-state index is -2.54. The number of halogens is 3. The number of phenolic OH excluding ortho intramolecular Hbond substituents is 2. The van der Waals surface area contributed by atoms with E-state index in [0.717, 1.165) is 0 Å². The number of phenols is 2. The molecule has 0 fully saturated rings. The minimum Gasteiger partial charge on any atom is -0.508 e. The van der Waals surface area contributed by atoms with Crippen LogP contribution in [0.2, 0.25) is 0 Å². The van der Waals surface area contributed by atoms with E-state index in [9.17, 15) is 13.9 Å². The van der Waals surface area contributed by atoms with E-state index >= 15 is 0 Å². The van der Waals surface area contributed by atoms with E-state index in [2.05, 4.69) is 0 Å². The van der Waals surface area contributed by atoms with E-state index in [-0.39, 0.29) is 29.5 Å². The van der Waals surface area contributed by atoms with Crippen molar-refractivity contribution in [3.8, 4) is 11.5 Å². The molecule has 86 valence electrons. The molecule has 0 aliphatic heterocycles. The molecule has 4 N–H and O–H groups in total. The second-order valence-corrected chi connectivity index (χ2v) is 2.98. The summed E-state index contributed by atoms with van der Waals surface area (Å²) in [7, 11) is 0. The maximum absolute atomic E-state index is 12.0. The molecule has 0 spiro atoms. The van der Waals surface area contributed by atoms with Crippen LogP contribution in [0.3, 0.4) is 0 Å². The lowest BCUT2D eigenvalue weighted by molar-refractivity contribution is 0.128. The normalized spacial score (nSPS) is 12.3. The summed E-state index contributed by atoms with van der Waals surface area (Å²) in [5.74, 6) is -0.293. The molecule has 0 bridgehead atoms. The van der Waals surface area contributed by atoms with E-state index in [1.54, 1.807) is 0 Å². The molecule has 15 heavy (non-hydrogen) atoms. The highest BCUT2D eigenvalue weighted by molar-refractivity contribution is 5.85. The number of benzene rings is 1. The molecule has 0 aromatic heterocycles. The van der Waals surface area contributed by atoms with Crippen LogP contribution in [0.15, 0.2) is 18.2 Å². The SMILES string of the molecule is Cl.N[C@@H](CC(F)F)c1cc(O)ccc1O. The first kappa shape index (κ1) is 13.9. The Morgan fingerprint density at radius 1 is 1.27 bits per heavy atom. The van der Waals surface area contributed by atoms with Crippen LogP contribution in [0.4, 0.5) is 8.78 Å². The third-order valence-electron chi connectivity index (χ3n) is 1.84. The van der Waals surface area contributed by atoms with Crippen LogP contribution in [0.5, 0.6) is 11.5 Å². The fourth-order valence-corrected chi connectivity index (χ4v) is 1.16. The van der Waals surface area contributed by atoms with Crippen molar-refractivity contribution >= 4 is 12.4 Å². The summed E-state index contributed by atoms with van der Waals surface area (Å²) in [6.45, 7) is 0. The van der Waals surface area contributed by atoms with E-state index in [1.807, 2.05) is 0 Å². The molecule has 0 unspecified atom stereocenters. The Morgan fingerprint density at radius 3 is 2.40 bits per heavy atom. The molecule has 3 nitrogen and oxygen atoms in total. The first-order chi connectivity index (χ1) is 6.50. The Bertz CT molecular complexity index is 323. The monoisotopic (exact) mass is 239 g/mol. The van der Waals surface area contributed by atoms with Gasteiger partial charge in [-0.1, -0.05) is 0 Å². The summed E-state index contributed by atoms with van der Waals surface area (Å²) in [4.78, 5) is 0. The quantitative estimate of drug-likeness (QED) is 0.709. The molecule has 0 aliphatic carbocycles. The first-order valence-electron chi connectivity index (χ1n) is 4.06. The average Bonchev–Trinajstić information content (AvgIpc) is 2.08. The number of aromatic hydroxyl groups is 2. The third kappa shape index (κ3) is 3.89. The van der Waals surface area contributed by atoms with E-state index < -0.39 is 18.9 Å². The fraction of sp³-hybridized carbons (Fsp3) is 0.333. The van der Waals surface area contributed by atoms with Gasteiger partial charge in [0.15, 0.2) is 0 Å². The Balaban J connectivity index is 0.00000196. The number of nitrogens with two attached hydrogens (primary N) is 1. The van der Waals surface area contributed by atoms with Gasteiger partial charge in [-0.05, 0) is 18.2 Å². The summed E-state index contributed by atoms with van der Waals surface area (Å²) in [6.07, 6.45) is -3.08. The Morgan fingerprint density at radius 2 is 1.87 bits per heavy atom. The van der Waals surface area contributed by atoms with Gasteiger partial charge in [-0.2, -0.15) is 0 Å². The zero-order chi connectivity index (χ0) is 10.7. The zero-order valence-electron chi connectivity index (χ0n) is 7.73. The Labute approximate surface area is 91.9 Å². The first-order valence-corrected chi connectivity index (χ1v) is 4.06. The Kier molecular flexibility index (Phi) is 5.32. The topological polar surface area (TPSA) is 66.5 Å². The van der Waals surface area contributed by atoms with Crippen molar-refractivity contribution in [2.24, 2.45) is 5.73 Å². The zero-order valence-corrected chi connectivity index (χ0v) is 8.55. The van der Waals surface area contributed by atoms with E-state index in [4.69, 9.17) is 10.8 Å². The van der Waals surface area contributed by atoms with Gasteiger partial charge in [0.05, 0.1) is 0 Å². The summed E-state index contributed by atoms with van der Waals surface area (Å²) in [5.41, 5.74) is 5.54. The molecular formula is C9H12ClF2NO2. The Hall–Kier alpha value is -1.07. The third-order valence-corrected chi connectivity index (χ3v) is 1.84. The van der Waals surface area contributed by atoms with Crippen molar-refractivity contribution in [3.63, 3.8) is 0 Å². The summed E-state index contributed by atoms with van der Waals surface area (Å²) < 4.78 is 24.0. The lowest BCUT2D eigenvalue weighted by Gasteiger charge is -2.13. The van der Waals surface area contributed by atoms with Crippen molar-refractivity contribution in [1.82, 2.24) is 0 Å². The molecule has 1 atom stereocenters. The predicted molar refractivity (Wildman–Crippen MR) is 54.6 cm³/mol. The molecule has 6 heteroatoms. The summed E-state index contributed by atoms with van der Waals surface area (Å²) >= 11 is 0. The van der Waals surface area contributed by atoms with Gasteiger partial charge in [0, 0.05) is 18.0 Å². The molecular weight excluding hydrogens is 228 g/mol. The van der Waals surface area contributed by atoms with Gasteiger partial charge in [0.1, 0.15) is 11.5 Å². The fourth-order valence-electron chi connectivity index (χ4n) is 1.16. The molecule has 0 saturated carbocycles. The van der Waals surface area contributed by atoms with Gasteiger partial charge in [-0.3, -0.25) is 0 Å². The highest BCUT2D eigenvalue weighted by Gasteiger charge is 2.16. The molecule has 0 heterocycles. The molecule has 1 aromatic rings. The molecule has 0 radical (unpaired) electrons. The molecule has 1 aromatic carbocycles. The number of hydrogen-bond donors (Lipinski definition) is 3.